The fraction of sp³-hybridized carbons (Fsp3) is 0.316. The van der Waals surface area contributed by atoms with E-state index >= 15 is 0 Å². The zero-order chi connectivity index (χ0) is 16.4. The van der Waals surface area contributed by atoms with E-state index < -0.39 is 5.60 Å². The van der Waals surface area contributed by atoms with Crippen LogP contribution < -0.4 is 4.74 Å². The minimum absolute atomic E-state index is 0.197. The van der Waals surface area contributed by atoms with Crippen molar-refractivity contribution in [1.82, 2.24) is 0 Å². The van der Waals surface area contributed by atoms with Gasteiger partial charge in [-0.05, 0) is 37.6 Å². The summed E-state index contributed by atoms with van der Waals surface area (Å²) in [7, 11) is 0. The van der Waals surface area contributed by atoms with Crippen molar-refractivity contribution in [1.29, 1.82) is 0 Å². The standard InChI is InChI=1S/C19H19ClO3/c1-3-22-18(21)10-11-19(2)16-7-5-4-6-14(16)15-12-13(20)8-9-17(15)23-19/h4-9,12H,3,10-11H2,1-2H3. The molecule has 4 heteroatoms. The lowest BCUT2D eigenvalue weighted by molar-refractivity contribution is -0.144. The van der Waals surface area contributed by atoms with E-state index in [4.69, 9.17) is 21.1 Å². The summed E-state index contributed by atoms with van der Waals surface area (Å²) >= 11 is 6.13. The largest absolute Gasteiger partial charge is 0.482 e. The van der Waals surface area contributed by atoms with E-state index in [0.29, 0.717) is 24.5 Å². The Morgan fingerprint density at radius 3 is 2.78 bits per heavy atom. The number of hydrogen-bond donors (Lipinski definition) is 0. The maximum absolute atomic E-state index is 11.7. The fourth-order valence-electron chi connectivity index (χ4n) is 3.04. The lowest BCUT2D eigenvalue weighted by Crippen LogP contribution is -2.33. The summed E-state index contributed by atoms with van der Waals surface area (Å²) in [5.41, 5.74) is 2.59. The number of fused-ring (bicyclic) bond motifs is 3. The van der Waals surface area contributed by atoms with Gasteiger partial charge in [-0.3, -0.25) is 4.79 Å². The van der Waals surface area contributed by atoms with Crippen molar-refractivity contribution in [3.05, 3.63) is 53.1 Å². The van der Waals surface area contributed by atoms with Crippen LogP contribution in [-0.4, -0.2) is 12.6 Å². The summed E-state index contributed by atoms with van der Waals surface area (Å²) in [6, 6.07) is 13.7. The molecule has 2 aromatic rings. The number of hydrogen-bond acceptors (Lipinski definition) is 3. The molecular formula is C19H19ClO3. The average Bonchev–Trinajstić information content (AvgIpc) is 2.55. The van der Waals surface area contributed by atoms with Crippen LogP contribution in [0.1, 0.15) is 32.3 Å². The molecule has 120 valence electrons. The summed E-state index contributed by atoms with van der Waals surface area (Å²) in [4.78, 5) is 11.7. The highest BCUT2D eigenvalue weighted by Crippen LogP contribution is 2.47. The Morgan fingerprint density at radius 1 is 1.22 bits per heavy atom. The summed E-state index contributed by atoms with van der Waals surface area (Å²) < 4.78 is 11.3. The molecule has 3 rings (SSSR count). The number of esters is 1. The predicted molar refractivity (Wildman–Crippen MR) is 90.7 cm³/mol. The molecule has 1 aliphatic heterocycles. The Morgan fingerprint density at radius 2 is 2.00 bits per heavy atom. The number of carbonyl (C=O) groups is 1. The van der Waals surface area contributed by atoms with Crippen LogP contribution in [0, 0.1) is 0 Å². The maximum atomic E-state index is 11.7. The van der Waals surface area contributed by atoms with Crippen LogP contribution in [0.3, 0.4) is 0 Å². The molecule has 0 saturated heterocycles. The molecule has 0 aromatic heterocycles. The third kappa shape index (κ3) is 3.06. The van der Waals surface area contributed by atoms with Crippen molar-refractivity contribution in [2.45, 2.75) is 32.3 Å². The summed E-state index contributed by atoms with van der Waals surface area (Å²) in [5.74, 6) is 0.594. The third-order valence-electron chi connectivity index (χ3n) is 4.18. The molecule has 0 aliphatic carbocycles. The molecule has 2 aromatic carbocycles. The Kier molecular flexibility index (Phi) is 4.31. The first kappa shape index (κ1) is 15.9. The van der Waals surface area contributed by atoms with Gasteiger partial charge in [0.25, 0.3) is 0 Å². The van der Waals surface area contributed by atoms with Gasteiger partial charge in [0.05, 0.1) is 6.61 Å². The third-order valence-corrected chi connectivity index (χ3v) is 4.41. The average molecular weight is 331 g/mol. The van der Waals surface area contributed by atoms with Gasteiger partial charge >= 0.3 is 5.97 Å². The normalized spacial score (nSPS) is 18.6. The van der Waals surface area contributed by atoms with Crippen molar-refractivity contribution in [2.24, 2.45) is 0 Å². The van der Waals surface area contributed by atoms with Crippen LogP contribution in [0.5, 0.6) is 5.75 Å². The van der Waals surface area contributed by atoms with E-state index in [1.165, 1.54) is 0 Å². The van der Waals surface area contributed by atoms with E-state index in [2.05, 4.69) is 6.07 Å². The van der Waals surface area contributed by atoms with Crippen molar-refractivity contribution in [2.75, 3.05) is 6.61 Å². The highest BCUT2D eigenvalue weighted by Gasteiger charge is 2.36. The van der Waals surface area contributed by atoms with Gasteiger partial charge in [0, 0.05) is 29.0 Å². The summed E-state index contributed by atoms with van der Waals surface area (Å²) in [6.45, 7) is 4.23. The lowest BCUT2D eigenvalue weighted by Gasteiger charge is -2.37. The van der Waals surface area contributed by atoms with E-state index in [1.54, 1.807) is 0 Å². The fourth-order valence-corrected chi connectivity index (χ4v) is 3.21. The number of ether oxygens (including phenoxy) is 2. The molecule has 1 heterocycles. The SMILES string of the molecule is CCOC(=O)CCC1(C)Oc2ccc(Cl)cc2-c2ccccc21. The first-order chi connectivity index (χ1) is 11.0. The van der Waals surface area contributed by atoms with Crippen molar-refractivity contribution >= 4 is 17.6 Å². The zero-order valence-corrected chi connectivity index (χ0v) is 14.0. The topological polar surface area (TPSA) is 35.5 Å². The van der Waals surface area contributed by atoms with Gasteiger partial charge < -0.3 is 9.47 Å². The van der Waals surface area contributed by atoms with Gasteiger partial charge in [0.1, 0.15) is 11.4 Å². The highest BCUT2D eigenvalue weighted by atomic mass is 35.5. The minimum atomic E-state index is -0.565. The van der Waals surface area contributed by atoms with Gasteiger partial charge in [0.2, 0.25) is 0 Å². The van der Waals surface area contributed by atoms with E-state index in [0.717, 1.165) is 22.4 Å². The van der Waals surface area contributed by atoms with E-state index in [1.807, 2.05) is 50.2 Å². The molecule has 1 atom stereocenters. The van der Waals surface area contributed by atoms with Gasteiger partial charge in [-0.15, -0.1) is 0 Å². The molecule has 1 aliphatic rings. The van der Waals surface area contributed by atoms with Crippen LogP contribution in [0.25, 0.3) is 11.1 Å². The summed E-state index contributed by atoms with van der Waals surface area (Å²) in [6.07, 6.45) is 0.881. The second-order valence-corrected chi connectivity index (χ2v) is 6.26. The van der Waals surface area contributed by atoms with Gasteiger partial charge in [-0.2, -0.15) is 0 Å². The lowest BCUT2D eigenvalue weighted by atomic mass is 9.82. The Labute approximate surface area is 141 Å². The molecule has 3 nitrogen and oxygen atoms in total. The smallest absolute Gasteiger partial charge is 0.305 e. The summed E-state index contributed by atoms with van der Waals surface area (Å²) in [5, 5.41) is 0.678. The number of rotatable bonds is 4. The van der Waals surface area contributed by atoms with Gasteiger partial charge in [-0.1, -0.05) is 35.9 Å². The molecule has 23 heavy (non-hydrogen) atoms. The van der Waals surface area contributed by atoms with Crippen LogP contribution in [0.4, 0.5) is 0 Å². The van der Waals surface area contributed by atoms with Crippen molar-refractivity contribution in [3.8, 4) is 16.9 Å². The maximum Gasteiger partial charge on any atom is 0.305 e. The molecule has 0 N–H and O–H groups in total. The first-order valence-electron chi connectivity index (χ1n) is 7.77. The van der Waals surface area contributed by atoms with E-state index in [9.17, 15) is 4.79 Å². The second kappa shape index (κ2) is 6.25. The van der Waals surface area contributed by atoms with Crippen LogP contribution in [-0.2, 0) is 15.1 Å². The van der Waals surface area contributed by atoms with Crippen LogP contribution in [0.2, 0.25) is 5.02 Å². The minimum Gasteiger partial charge on any atom is -0.482 e. The second-order valence-electron chi connectivity index (χ2n) is 5.82. The molecule has 0 radical (unpaired) electrons. The molecule has 0 saturated carbocycles. The number of carbonyl (C=O) groups excluding carboxylic acids is 1. The molecule has 0 fully saturated rings. The molecule has 1 unspecified atom stereocenters. The predicted octanol–water partition coefficient (Wildman–Crippen LogP) is 4.96. The Balaban J connectivity index is 1.98. The number of halogens is 1. The van der Waals surface area contributed by atoms with Crippen LogP contribution in [0.15, 0.2) is 42.5 Å². The molecule has 0 spiro atoms. The molecule has 0 bridgehead atoms. The number of benzene rings is 2. The first-order valence-corrected chi connectivity index (χ1v) is 8.15. The Bertz CT molecular complexity index is 741. The van der Waals surface area contributed by atoms with Crippen molar-refractivity contribution in [3.63, 3.8) is 0 Å². The van der Waals surface area contributed by atoms with Crippen LogP contribution >= 0.6 is 11.6 Å². The Hall–Kier alpha value is -2.00. The molecular weight excluding hydrogens is 312 g/mol. The highest BCUT2D eigenvalue weighted by molar-refractivity contribution is 6.31. The monoisotopic (exact) mass is 330 g/mol. The van der Waals surface area contributed by atoms with E-state index in [-0.39, 0.29) is 5.97 Å². The van der Waals surface area contributed by atoms with Gasteiger partial charge in [-0.25, -0.2) is 0 Å². The van der Waals surface area contributed by atoms with Gasteiger partial charge in [0.15, 0.2) is 0 Å². The quantitative estimate of drug-likeness (QED) is 0.743. The zero-order valence-electron chi connectivity index (χ0n) is 13.3. The molecule has 0 amide bonds. The van der Waals surface area contributed by atoms with Crippen molar-refractivity contribution < 1.29 is 14.3 Å².